The van der Waals surface area contributed by atoms with Gasteiger partial charge in [-0.15, -0.1) is 0 Å². The summed E-state index contributed by atoms with van der Waals surface area (Å²) in [6, 6.07) is 19.9. The lowest BCUT2D eigenvalue weighted by atomic mass is 10.1. The standard InChI is InChI=1S/C23H26N4O2/c28-22-11-12-26(13-14-27(22)15-16-29-21-9-5-2-6-10-21)18-20-17-24-25-23(20)19-7-3-1-4-8-19/h1-10,17H,11-16,18H2,(H,24,25). The minimum atomic E-state index is 0.194. The number of ether oxygens (including phenoxy) is 1. The van der Waals surface area contributed by atoms with Crippen LogP contribution in [0.3, 0.4) is 0 Å². The van der Waals surface area contributed by atoms with Crippen molar-refractivity contribution in [3.63, 3.8) is 0 Å². The molecule has 0 atom stereocenters. The third-order valence-corrected chi connectivity index (χ3v) is 5.23. The molecule has 150 valence electrons. The fraction of sp³-hybridized carbons (Fsp3) is 0.304. The molecule has 1 saturated heterocycles. The second-order valence-electron chi connectivity index (χ2n) is 7.20. The van der Waals surface area contributed by atoms with E-state index in [-0.39, 0.29) is 5.91 Å². The second kappa shape index (κ2) is 9.39. The molecule has 6 heteroatoms. The number of amides is 1. The summed E-state index contributed by atoms with van der Waals surface area (Å²) in [5, 5.41) is 7.36. The van der Waals surface area contributed by atoms with E-state index in [2.05, 4.69) is 27.2 Å². The minimum absolute atomic E-state index is 0.194. The number of carbonyl (C=O) groups is 1. The molecule has 1 amide bonds. The van der Waals surface area contributed by atoms with Crippen LogP contribution in [0.2, 0.25) is 0 Å². The topological polar surface area (TPSA) is 61.5 Å². The molecule has 0 unspecified atom stereocenters. The highest BCUT2D eigenvalue weighted by atomic mass is 16.5. The van der Waals surface area contributed by atoms with Gasteiger partial charge < -0.3 is 9.64 Å². The van der Waals surface area contributed by atoms with Crippen LogP contribution < -0.4 is 4.74 Å². The number of para-hydroxylation sites is 1. The molecule has 2 aromatic carbocycles. The van der Waals surface area contributed by atoms with E-state index in [0.29, 0.717) is 19.6 Å². The van der Waals surface area contributed by atoms with Gasteiger partial charge in [0.1, 0.15) is 12.4 Å². The van der Waals surface area contributed by atoms with Gasteiger partial charge in [-0.2, -0.15) is 5.10 Å². The Morgan fingerprint density at radius 1 is 0.966 bits per heavy atom. The number of nitrogens with one attached hydrogen (secondary N) is 1. The van der Waals surface area contributed by atoms with Crippen LogP contribution in [0, 0.1) is 0 Å². The molecular formula is C23H26N4O2. The molecule has 1 fully saturated rings. The minimum Gasteiger partial charge on any atom is -0.492 e. The zero-order valence-corrected chi connectivity index (χ0v) is 16.5. The summed E-state index contributed by atoms with van der Waals surface area (Å²) in [5.74, 6) is 1.03. The van der Waals surface area contributed by atoms with Gasteiger partial charge in [0.25, 0.3) is 0 Å². The molecule has 2 heterocycles. The molecular weight excluding hydrogens is 364 g/mol. The van der Waals surface area contributed by atoms with Gasteiger partial charge in [0, 0.05) is 38.2 Å². The highest BCUT2D eigenvalue weighted by Crippen LogP contribution is 2.22. The molecule has 1 aromatic heterocycles. The Kier molecular flexibility index (Phi) is 6.22. The number of aromatic amines is 1. The Hall–Kier alpha value is -3.12. The van der Waals surface area contributed by atoms with Crippen molar-refractivity contribution in [1.82, 2.24) is 20.0 Å². The van der Waals surface area contributed by atoms with Crippen LogP contribution in [0.5, 0.6) is 5.75 Å². The summed E-state index contributed by atoms with van der Waals surface area (Å²) in [6.07, 6.45) is 2.42. The third kappa shape index (κ3) is 5.03. The van der Waals surface area contributed by atoms with Crippen molar-refractivity contribution in [3.8, 4) is 17.0 Å². The predicted octanol–water partition coefficient (Wildman–Crippen LogP) is 3.19. The summed E-state index contributed by atoms with van der Waals surface area (Å²) in [4.78, 5) is 16.8. The van der Waals surface area contributed by atoms with Gasteiger partial charge >= 0.3 is 0 Å². The van der Waals surface area contributed by atoms with E-state index in [0.717, 1.165) is 48.7 Å². The molecule has 1 aliphatic rings. The normalized spacial score (nSPS) is 15.3. The summed E-state index contributed by atoms with van der Waals surface area (Å²) in [5.41, 5.74) is 3.34. The smallest absolute Gasteiger partial charge is 0.224 e. The molecule has 0 aliphatic carbocycles. The lowest BCUT2D eigenvalue weighted by molar-refractivity contribution is -0.130. The molecule has 3 aromatic rings. The van der Waals surface area contributed by atoms with Crippen LogP contribution in [0.25, 0.3) is 11.3 Å². The van der Waals surface area contributed by atoms with Crippen LogP contribution in [-0.2, 0) is 11.3 Å². The molecule has 0 saturated carbocycles. The van der Waals surface area contributed by atoms with Gasteiger partial charge in [0.05, 0.1) is 18.4 Å². The highest BCUT2D eigenvalue weighted by molar-refractivity contribution is 5.76. The third-order valence-electron chi connectivity index (χ3n) is 5.23. The first-order valence-corrected chi connectivity index (χ1v) is 10.1. The Labute approximate surface area is 171 Å². The van der Waals surface area contributed by atoms with Crippen molar-refractivity contribution in [2.75, 3.05) is 32.8 Å². The molecule has 0 bridgehead atoms. The van der Waals surface area contributed by atoms with Crippen LogP contribution in [0.4, 0.5) is 0 Å². The summed E-state index contributed by atoms with van der Waals surface area (Å²) < 4.78 is 5.75. The average Bonchev–Trinajstić information content (AvgIpc) is 3.16. The SMILES string of the molecule is O=C1CCN(Cc2cn[nH]c2-c2ccccc2)CCN1CCOc1ccccc1. The fourth-order valence-electron chi connectivity index (χ4n) is 3.62. The number of hydrogen-bond donors (Lipinski definition) is 1. The van der Waals surface area contributed by atoms with Gasteiger partial charge in [-0.05, 0) is 17.7 Å². The van der Waals surface area contributed by atoms with Gasteiger partial charge in [-0.3, -0.25) is 14.8 Å². The lowest BCUT2D eigenvalue weighted by Crippen LogP contribution is -2.36. The van der Waals surface area contributed by atoms with Crippen LogP contribution in [-0.4, -0.2) is 58.7 Å². The van der Waals surface area contributed by atoms with Crippen molar-refractivity contribution in [2.24, 2.45) is 0 Å². The zero-order chi connectivity index (χ0) is 19.9. The Morgan fingerprint density at radius 3 is 2.52 bits per heavy atom. The lowest BCUT2D eigenvalue weighted by Gasteiger charge is -2.22. The van der Waals surface area contributed by atoms with Gasteiger partial charge in [0.2, 0.25) is 5.91 Å². The van der Waals surface area contributed by atoms with Crippen molar-refractivity contribution >= 4 is 5.91 Å². The number of aromatic nitrogens is 2. The van der Waals surface area contributed by atoms with E-state index in [1.54, 1.807) is 0 Å². The number of hydrogen-bond acceptors (Lipinski definition) is 4. The van der Waals surface area contributed by atoms with E-state index in [1.165, 1.54) is 0 Å². The van der Waals surface area contributed by atoms with Crippen molar-refractivity contribution < 1.29 is 9.53 Å². The maximum absolute atomic E-state index is 12.5. The molecule has 1 aliphatic heterocycles. The predicted molar refractivity (Wildman–Crippen MR) is 112 cm³/mol. The number of benzene rings is 2. The van der Waals surface area contributed by atoms with Crippen LogP contribution in [0.1, 0.15) is 12.0 Å². The van der Waals surface area contributed by atoms with E-state index in [4.69, 9.17) is 4.74 Å². The largest absolute Gasteiger partial charge is 0.492 e. The van der Waals surface area contributed by atoms with Gasteiger partial charge in [-0.25, -0.2) is 0 Å². The monoisotopic (exact) mass is 390 g/mol. The van der Waals surface area contributed by atoms with Crippen LogP contribution in [0.15, 0.2) is 66.9 Å². The molecule has 1 N–H and O–H groups in total. The summed E-state index contributed by atoms with van der Waals surface area (Å²) in [6.45, 7) is 4.22. The molecule has 4 rings (SSSR count). The van der Waals surface area contributed by atoms with E-state index < -0.39 is 0 Å². The molecule has 0 radical (unpaired) electrons. The highest BCUT2D eigenvalue weighted by Gasteiger charge is 2.22. The zero-order valence-electron chi connectivity index (χ0n) is 16.5. The average molecular weight is 390 g/mol. The maximum Gasteiger partial charge on any atom is 0.224 e. The number of H-pyrrole nitrogens is 1. The van der Waals surface area contributed by atoms with Crippen LogP contribution >= 0.6 is 0 Å². The van der Waals surface area contributed by atoms with Gasteiger partial charge in [-0.1, -0.05) is 48.5 Å². The van der Waals surface area contributed by atoms with E-state index >= 15 is 0 Å². The Morgan fingerprint density at radius 2 is 1.72 bits per heavy atom. The summed E-state index contributed by atoms with van der Waals surface area (Å²) in [7, 11) is 0. The number of nitrogens with zero attached hydrogens (tertiary/aromatic N) is 3. The quantitative estimate of drug-likeness (QED) is 0.673. The number of rotatable bonds is 7. The molecule has 6 nitrogen and oxygen atoms in total. The first kappa shape index (κ1) is 19.2. The molecule has 29 heavy (non-hydrogen) atoms. The van der Waals surface area contributed by atoms with Gasteiger partial charge in [0.15, 0.2) is 0 Å². The molecule has 0 spiro atoms. The maximum atomic E-state index is 12.5. The first-order valence-electron chi connectivity index (χ1n) is 10.1. The van der Waals surface area contributed by atoms with E-state index in [9.17, 15) is 4.79 Å². The van der Waals surface area contributed by atoms with Crippen molar-refractivity contribution in [2.45, 2.75) is 13.0 Å². The van der Waals surface area contributed by atoms with Crippen molar-refractivity contribution in [1.29, 1.82) is 0 Å². The van der Waals surface area contributed by atoms with Crippen molar-refractivity contribution in [3.05, 3.63) is 72.4 Å². The Balaban J connectivity index is 1.32. The summed E-state index contributed by atoms with van der Waals surface area (Å²) >= 11 is 0. The fourth-order valence-corrected chi connectivity index (χ4v) is 3.62. The van der Waals surface area contributed by atoms with E-state index in [1.807, 2.05) is 59.6 Å². The Bertz CT molecular complexity index is 911. The number of carbonyl (C=O) groups excluding carboxylic acids is 1. The first-order chi connectivity index (χ1) is 14.3. The second-order valence-corrected chi connectivity index (χ2v) is 7.20.